The third-order valence-electron chi connectivity index (χ3n) is 15.1. The first-order valence-electron chi connectivity index (χ1n) is 23.5. The number of nitrogens with one attached hydrogen (secondary N) is 3. The number of hydrogen-bond donors (Lipinski definition) is 3. The maximum absolute atomic E-state index is 5.77. The molecular weight excluding hydrogens is 823 g/mol. The molecule has 322 valence electrons. The Balaban J connectivity index is 1.26. The monoisotopic (exact) mass is 867 g/mol. The number of aromatic amines is 3. The van der Waals surface area contributed by atoms with Crippen molar-refractivity contribution in [2.24, 2.45) is 5.92 Å². The van der Waals surface area contributed by atoms with Gasteiger partial charge in [-0.2, -0.15) is 0 Å². The van der Waals surface area contributed by atoms with Gasteiger partial charge in [0, 0.05) is 68.2 Å². The van der Waals surface area contributed by atoms with Gasteiger partial charge in [0.25, 0.3) is 0 Å². The molecule has 4 aliphatic rings. The van der Waals surface area contributed by atoms with E-state index in [0.29, 0.717) is 5.92 Å². The van der Waals surface area contributed by atoms with Crippen LogP contribution in [0.4, 0.5) is 0 Å². The van der Waals surface area contributed by atoms with Crippen LogP contribution in [0.5, 0.6) is 0 Å². The molecule has 3 N–H and O–H groups in total. The number of hydrogen-bond acceptors (Lipinski definition) is 6. The lowest BCUT2D eigenvalue weighted by Gasteiger charge is -2.54. The minimum atomic E-state index is -1.03. The third kappa shape index (κ3) is 5.87. The molecule has 9 heterocycles. The van der Waals surface area contributed by atoms with Crippen LogP contribution in [0, 0.1) is 5.92 Å². The second kappa shape index (κ2) is 15.0. The van der Waals surface area contributed by atoms with Crippen LogP contribution in [-0.2, 0) is 5.41 Å². The van der Waals surface area contributed by atoms with Gasteiger partial charge in [0.15, 0.2) is 0 Å². The Bertz CT molecular complexity index is 3720. The van der Waals surface area contributed by atoms with Gasteiger partial charge < -0.3 is 15.0 Å². The lowest BCUT2D eigenvalue weighted by Crippen LogP contribution is -2.56. The van der Waals surface area contributed by atoms with Gasteiger partial charge in [0.1, 0.15) is 11.2 Å². The topological polar surface area (TPSA) is 115 Å². The number of imidazole rings is 1. The van der Waals surface area contributed by atoms with Crippen molar-refractivity contribution in [2.75, 3.05) is 13.1 Å². The van der Waals surface area contributed by atoms with E-state index in [4.69, 9.17) is 24.9 Å². The highest BCUT2D eigenvalue weighted by molar-refractivity contribution is 6.20. The normalized spacial score (nSPS) is 22.0. The van der Waals surface area contributed by atoms with Crippen molar-refractivity contribution in [1.29, 1.82) is 0 Å². The van der Waals surface area contributed by atoms with Crippen molar-refractivity contribution < 1.29 is 0 Å². The number of fused-ring (bicyclic) bond motifs is 8. The molecule has 6 aromatic heterocycles. The molecule has 9 heteroatoms. The maximum atomic E-state index is 5.77. The number of benzene rings is 5. The Morgan fingerprint density at radius 1 is 0.567 bits per heavy atom. The molecule has 3 atom stereocenters. The smallest absolute Gasteiger partial charge is 0.124 e. The van der Waals surface area contributed by atoms with Crippen LogP contribution in [0.1, 0.15) is 59.5 Å². The summed E-state index contributed by atoms with van der Waals surface area (Å²) < 4.78 is 0. The van der Waals surface area contributed by atoms with Gasteiger partial charge in [-0.15, -0.1) is 0 Å². The van der Waals surface area contributed by atoms with Crippen LogP contribution < -0.4 is 0 Å². The van der Waals surface area contributed by atoms with Gasteiger partial charge in [-0.1, -0.05) is 91.0 Å². The number of aromatic nitrogens is 8. The Morgan fingerprint density at radius 2 is 1.30 bits per heavy atom. The van der Waals surface area contributed by atoms with Crippen LogP contribution >= 0.6 is 0 Å². The summed E-state index contributed by atoms with van der Waals surface area (Å²) in [5.41, 5.74) is 13.5. The second-order valence-corrected chi connectivity index (χ2v) is 18.6. The fourth-order valence-electron chi connectivity index (χ4n) is 12.1. The molecule has 11 aromatic rings. The zero-order valence-corrected chi connectivity index (χ0v) is 36.7. The van der Waals surface area contributed by atoms with E-state index in [0.717, 1.165) is 125 Å². The molecule has 0 amide bonds. The summed E-state index contributed by atoms with van der Waals surface area (Å²) in [6, 6.07) is 55.7. The largest absolute Gasteiger partial charge is 0.364 e. The summed E-state index contributed by atoms with van der Waals surface area (Å²) >= 11 is 0. The van der Waals surface area contributed by atoms with E-state index < -0.39 is 11.3 Å². The molecule has 67 heavy (non-hydrogen) atoms. The van der Waals surface area contributed by atoms with Crippen molar-refractivity contribution in [3.8, 4) is 0 Å². The van der Waals surface area contributed by atoms with Crippen molar-refractivity contribution in [2.45, 2.75) is 36.6 Å². The minimum Gasteiger partial charge on any atom is -0.364 e. The lowest BCUT2D eigenvalue weighted by atomic mass is 9.53. The highest BCUT2D eigenvalue weighted by Crippen LogP contribution is 2.65. The number of pyridine rings is 2. The molecule has 3 fully saturated rings. The predicted octanol–water partition coefficient (Wildman–Crippen LogP) is 12.0. The van der Waals surface area contributed by atoms with Crippen LogP contribution in [0.3, 0.4) is 0 Å². The van der Waals surface area contributed by atoms with E-state index >= 15 is 0 Å². The minimum absolute atomic E-state index is 0.0302. The fourth-order valence-corrected chi connectivity index (χ4v) is 12.1. The van der Waals surface area contributed by atoms with Gasteiger partial charge in [0.05, 0.1) is 56.8 Å². The van der Waals surface area contributed by atoms with Crippen LogP contribution in [0.15, 0.2) is 182 Å². The molecule has 5 aromatic carbocycles. The molecule has 1 aliphatic carbocycles. The van der Waals surface area contributed by atoms with Crippen LogP contribution in [0.25, 0.3) is 71.4 Å². The van der Waals surface area contributed by atoms with Gasteiger partial charge >= 0.3 is 0 Å². The van der Waals surface area contributed by atoms with E-state index in [2.05, 4.69) is 166 Å². The second-order valence-electron chi connectivity index (χ2n) is 18.6. The molecular formula is C58H45N9. The molecule has 3 unspecified atom stereocenters. The first-order chi connectivity index (χ1) is 33.2. The molecule has 3 saturated heterocycles. The molecule has 15 rings (SSSR count). The zero-order chi connectivity index (χ0) is 44.1. The van der Waals surface area contributed by atoms with E-state index in [9.17, 15) is 0 Å². The summed E-state index contributed by atoms with van der Waals surface area (Å²) in [4.78, 5) is 42.7. The summed E-state index contributed by atoms with van der Waals surface area (Å²) in [7, 11) is 0. The van der Waals surface area contributed by atoms with Crippen LogP contribution in [-0.4, -0.2) is 63.9 Å². The number of nitrogens with zero attached hydrogens (tertiary/aromatic N) is 6. The summed E-state index contributed by atoms with van der Waals surface area (Å²) in [5, 5.41) is 4.40. The summed E-state index contributed by atoms with van der Waals surface area (Å²) in [6.07, 6.45) is 9.42. The summed E-state index contributed by atoms with van der Waals surface area (Å²) in [6.45, 7) is 2.04. The molecule has 2 bridgehead atoms. The number of H-pyrrole nitrogens is 3. The van der Waals surface area contributed by atoms with E-state index in [1.165, 1.54) is 18.4 Å². The first kappa shape index (κ1) is 38.3. The van der Waals surface area contributed by atoms with Gasteiger partial charge in [-0.25, -0.2) is 15.0 Å². The van der Waals surface area contributed by atoms with E-state index in [-0.39, 0.29) is 6.04 Å². The SMILES string of the molecule is c1c[nH]c(C2(c3nc4ccccc4[nH]3)C(C3CC4CCN3CC4)=C(c3cc4ccccc4[nH]3)C(c3ccc4ccccc4n3)=C(c3cnc4ccccc4n3)C2c2nccc3ccccc23)c1. The number of para-hydroxylation sites is 6. The Kier molecular flexibility index (Phi) is 8.58. The molecule has 9 nitrogen and oxygen atoms in total. The third-order valence-corrected chi connectivity index (χ3v) is 15.1. The van der Waals surface area contributed by atoms with Crippen molar-refractivity contribution in [3.63, 3.8) is 0 Å². The molecule has 0 spiro atoms. The standard InChI is InChI=1S/C58H45N9/c1-4-15-39-36(12-1)25-29-60-56(39)55-53(48-34-61-42-18-7-8-19-43(42)64-48)51(46-24-23-37-13-2-5-16-40(37)62-46)52(47-33-38-14-3-6-17-41(38)63-47)54(49-32-35-26-30-67(49)31-27-35)58(55,50-22-11-28-59-50)57-65-44-20-9-10-21-45(44)66-57/h1-25,28-29,33-35,49,55,59,63H,26-27,30-32H2,(H,65,66). The number of rotatable bonds is 7. The first-order valence-corrected chi connectivity index (χ1v) is 23.5. The molecule has 0 saturated carbocycles. The van der Waals surface area contributed by atoms with Crippen molar-refractivity contribution in [3.05, 3.63) is 216 Å². The van der Waals surface area contributed by atoms with E-state index in [1.54, 1.807) is 0 Å². The Hall–Kier alpha value is -8.01. The molecule has 3 aliphatic heterocycles. The zero-order valence-electron chi connectivity index (χ0n) is 36.7. The number of piperidine rings is 3. The Labute approximate surface area is 386 Å². The quantitative estimate of drug-likeness (QED) is 0.147. The predicted molar refractivity (Wildman–Crippen MR) is 268 cm³/mol. The highest BCUT2D eigenvalue weighted by atomic mass is 15.2. The van der Waals surface area contributed by atoms with Crippen molar-refractivity contribution >= 4 is 71.4 Å². The fraction of sp³-hybridized carbons (Fsp3) is 0.155. The Morgan fingerprint density at radius 3 is 2.09 bits per heavy atom. The van der Waals surface area contributed by atoms with Gasteiger partial charge in [0.2, 0.25) is 0 Å². The average molecular weight is 868 g/mol. The van der Waals surface area contributed by atoms with Gasteiger partial charge in [-0.05, 0) is 116 Å². The van der Waals surface area contributed by atoms with Gasteiger partial charge in [-0.3, -0.25) is 14.9 Å². The summed E-state index contributed by atoms with van der Waals surface area (Å²) in [5.74, 6) is 0.900. The number of allylic oxidation sites excluding steroid dienone is 3. The van der Waals surface area contributed by atoms with Crippen LogP contribution in [0.2, 0.25) is 0 Å². The maximum Gasteiger partial charge on any atom is 0.124 e. The molecule has 0 radical (unpaired) electrons. The van der Waals surface area contributed by atoms with E-state index in [1.807, 2.05) is 30.6 Å². The van der Waals surface area contributed by atoms with Crippen molar-refractivity contribution in [1.82, 2.24) is 44.8 Å². The highest BCUT2D eigenvalue weighted by Gasteiger charge is 2.60. The average Bonchev–Trinajstić information content (AvgIpc) is 4.19. The lowest BCUT2D eigenvalue weighted by molar-refractivity contribution is 0.0614.